The van der Waals surface area contributed by atoms with E-state index in [2.05, 4.69) is 5.32 Å². The summed E-state index contributed by atoms with van der Waals surface area (Å²) in [4.78, 5) is 24.3. The van der Waals surface area contributed by atoms with Crippen molar-refractivity contribution in [2.75, 3.05) is 18.4 Å². The first-order valence-corrected chi connectivity index (χ1v) is 6.36. The lowest BCUT2D eigenvalue weighted by Gasteiger charge is -2.19. The van der Waals surface area contributed by atoms with Crippen molar-refractivity contribution in [1.29, 1.82) is 0 Å². The molecule has 0 aliphatic carbocycles. The number of nitrogens with one attached hydrogen (secondary N) is 1. The van der Waals surface area contributed by atoms with Crippen molar-refractivity contribution in [2.24, 2.45) is 0 Å². The predicted octanol–water partition coefficient (Wildman–Crippen LogP) is 1.43. The minimum atomic E-state index is -1.07. The minimum absolute atomic E-state index is 0.0827. The maximum absolute atomic E-state index is 11.9. The van der Waals surface area contributed by atoms with Crippen molar-refractivity contribution in [3.05, 3.63) is 17.0 Å². The number of urea groups is 1. The van der Waals surface area contributed by atoms with Crippen LogP contribution in [0.4, 0.5) is 9.80 Å². The van der Waals surface area contributed by atoms with Gasteiger partial charge in [-0.05, 0) is 24.8 Å². The van der Waals surface area contributed by atoms with Gasteiger partial charge < -0.3 is 15.1 Å². The molecule has 2 amide bonds. The van der Waals surface area contributed by atoms with Crippen molar-refractivity contribution in [3.63, 3.8) is 0 Å². The molecule has 2 rings (SSSR count). The molecule has 1 aliphatic rings. The van der Waals surface area contributed by atoms with Gasteiger partial charge in [0.25, 0.3) is 0 Å². The van der Waals surface area contributed by atoms with Gasteiger partial charge in [-0.15, -0.1) is 11.3 Å². The summed E-state index contributed by atoms with van der Waals surface area (Å²) >= 11 is 1.16. The summed E-state index contributed by atoms with van der Waals surface area (Å²) in [5.41, 5.74) is -0.776. The SMILES string of the molecule is CC1(O)CCN(C(=O)Nc2sccc2C(=O)O)C1. The van der Waals surface area contributed by atoms with Gasteiger partial charge in [-0.2, -0.15) is 0 Å². The number of carbonyl (C=O) groups excluding carboxylic acids is 1. The Hall–Kier alpha value is -1.60. The van der Waals surface area contributed by atoms with Crippen LogP contribution in [0.15, 0.2) is 11.4 Å². The van der Waals surface area contributed by atoms with Crippen molar-refractivity contribution in [1.82, 2.24) is 4.90 Å². The number of carbonyl (C=O) groups is 2. The van der Waals surface area contributed by atoms with Crippen LogP contribution >= 0.6 is 11.3 Å². The zero-order chi connectivity index (χ0) is 13.3. The van der Waals surface area contributed by atoms with Gasteiger partial charge in [0.15, 0.2) is 0 Å². The molecule has 2 heterocycles. The smallest absolute Gasteiger partial charge is 0.338 e. The fraction of sp³-hybridized carbons (Fsp3) is 0.455. The van der Waals surface area contributed by atoms with Gasteiger partial charge in [-0.1, -0.05) is 0 Å². The Morgan fingerprint density at radius 2 is 2.28 bits per heavy atom. The molecule has 1 fully saturated rings. The highest BCUT2D eigenvalue weighted by Gasteiger charge is 2.34. The van der Waals surface area contributed by atoms with E-state index in [0.29, 0.717) is 18.0 Å². The van der Waals surface area contributed by atoms with Crippen molar-refractivity contribution in [2.45, 2.75) is 18.9 Å². The topological polar surface area (TPSA) is 89.9 Å². The molecule has 6 nitrogen and oxygen atoms in total. The molecule has 98 valence electrons. The maximum Gasteiger partial charge on any atom is 0.338 e. The quantitative estimate of drug-likeness (QED) is 0.758. The number of rotatable bonds is 2. The van der Waals surface area contributed by atoms with E-state index in [4.69, 9.17) is 5.11 Å². The Labute approximate surface area is 108 Å². The number of thiophene rings is 1. The number of amides is 2. The van der Waals surface area contributed by atoms with E-state index in [1.807, 2.05) is 0 Å². The molecule has 0 bridgehead atoms. The number of β-amino-alcohol motifs (C(OH)–C–C–N with tert-alkyl or cyclic N) is 1. The number of carboxylic acids is 1. The van der Waals surface area contributed by atoms with Gasteiger partial charge in [0.05, 0.1) is 17.7 Å². The van der Waals surface area contributed by atoms with Gasteiger partial charge in [0.1, 0.15) is 5.00 Å². The first-order chi connectivity index (χ1) is 8.39. The molecule has 1 aromatic rings. The number of hydrogen-bond acceptors (Lipinski definition) is 4. The molecule has 1 atom stereocenters. The Balaban J connectivity index is 2.04. The van der Waals surface area contributed by atoms with Crippen LogP contribution in [-0.2, 0) is 0 Å². The number of nitrogens with zero attached hydrogens (tertiary/aromatic N) is 1. The predicted molar refractivity (Wildman–Crippen MR) is 67.1 cm³/mol. The third kappa shape index (κ3) is 2.62. The summed E-state index contributed by atoms with van der Waals surface area (Å²) in [6.45, 7) is 2.40. The normalized spacial score (nSPS) is 23.1. The number of carboxylic acid groups (broad SMARTS) is 1. The molecule has 0 radical (unpaired) electrons. The number of hydrogen-bond donors (Lipinski definition) is 3. The summed E-state index contributed by atoms with van der Waals surface area (Å²) in [6, 6.07) is 1.07. The van der Waals surface area contributed by atoms with Crippen LogP contribution in [0.3, 0.4) is 0 Å². The lowest BCUT2D eigenvalue weighted by atomic mass is 10.1. The molecule has 18 heavy (non-hydrogen) atoms. The lowest BCUT2D eigenvalue weighted by molar-refractivity contribution is 0.0696. The Morgan fingerprint density at radius 3 is 2.83 bits per heavy atom. The zero-order valence-corrected chi connectivity index (χ0v) is 10.7. The molecular weight excluding hydrogens is 256 g/mol. The highest BCUT2D eigenvalue weighted by atomic mass is 32.1. The molecule has 1 saturated heterocycles. The average Bonchev–Trinajstić information content (AvgIpc) is 2.84. The number of anilines is 1. The van der Waals surface area contributed by atoms with Gasteiger partial charge >= 0.3 is 12.0 Å². The van der Waals surface area contributed by atoms with Gasteiger partial charge in [-0.3, -0.25) is 5.32 Å². The zero-order valence-electron chi connectivity index (χ0n) is 9.84. The van der Waals surface area contributed by atoms with Crippen LogP contribution in [-0.4, -0.2) is 45.8 Å². The molecule has 1 unspecified atom stereocenters. The third-order valence-corrected chi connectivity index (χ3v) is 3.68. The Morgan fingerprint density at radius 1 is 1.56 bits per heavy atom. The van der Waals surface area contributed by atoms with E-state index in [0.717, 1.165) is 11.3 Å². The van der Waals surface area contributed by atoms with E-state index < -0.39 is 11.6 Å². The molecule has 1 aromatic heterocycles. The number of likely N-dealkylation sites (tertiary alicyclic amines) is 1. The monoisotopic (exact) mass is 270 g/mol. The van der Waals surface area contributed by atoms with E-state index in [1.165, 1.54) is 11.0 Å². The van der Waals surface area contributed by atoms with Crippen LogP contribution in [0.5, 0.6) is 0 Å². The highest BCUT2D eigenvalue weighted by Crippen LogP contribution is 2.25. The van der Waals surface area contributed by atoms with Crippen LogP contribution in [0.1, 0.15) is 23.7 Å². The standard InChI is InChI=1S/C11H14N2O4S/c1-11(17)3-4-13(6-11)10(16)12-8-7(9(14)15)2-5-18-8/h2,5,17H,3-4,6H2,1H3,(H,12,16)(H,14,15). The van der Waals surface area contributed by atoms with Crippen LogP contribution in [0.2, 0.25) is 0 Å². The van der Waals surface area contributed by atoms with Gasteiger partial charge in [0, 0.05) is 6.54 Å². The van der Waals surface area contributed by atoms with E-state index in [9.17, 15) is 14.7 Å². The molecule has 3 N–H and O–H groups in total. The second-order valence-corrected chi connectivity index (χ2v) is 5.48. The second kappa shape index (κ2) is 4.58. The summed E-state index contributed by atoms with van der Waals surface area (Å²) in [7, 11) is 0. The van der Waals surface area contributed by atoms with Crippen LogP contribution in [0, 0.1) is 0 Å². The fourth-order valence-corrected chi connectivity index (χ4v) is 2.64. The van der Waals surface area contributed by atoms with Gasteiger partial charge in [-0.25, -0.2) is 9.59 Å². The maximum atomic E-state index is 11.9. The first kappa shape index (κ1) is 12.8. The second-order valence-electron chi connectivity index (χ2n) is 4.57. The fourth-order valence-electron chi connectivity index (χ4n) is 1.87. The van der Waals surface area contributed by atoms with E-state index in [1.54, 1.807) is 12.3 Å². The summed E-state index contributed by atoms with van der Waals surface area (Å²) in [5, 5.41) is 23.2. The van der Waals surface area contributed by atoms with Gasteiger partial charge in [0.2, 0.25) is 0 Å². The van der Waals surface area contributed by atoms with Crippen molar-refractivity contribution in [3.8, 4) is 0 Å². The Bertz CT molecular complexity index is 483. The Kier molecular flexibility index (Phi) is 3.27. The summed E-state index contributed by atoms with van der Waals surface area (Å²) < 4.78 is 0. The number of aliphatic hydroxyl groups is 1. The van der Waals surface area contributed by atoms with Crippen LogP contribution < -0.4 is 5.32 Å². The van der Waals surface area contributed by atoms with Crippen molar-refractivity contribution >= 4 is 28.3 Å². The summed E-state index contributed by atoms with van der Waals surface area (Å²) in [5.74, 6) is -1.07. The highest BCUT2D eigenvalue weighted by molar-refractivity contribution is 7.14. The minimum Gasteiger partial charge on any atom is -0.478 e. The number of aromatic carboxylic acids is 1. The average molecular weight is 270 g/mol. The molecule has 0 saturated carbocycles. The van der Waals surface area contributed by atoms with E-state index in [-0.39, 0.29) is 18.1 Å². The van der Waals surface area contributed by atoms with Crippen molar-refractivity contribution < 1.29 is 19.8 Å². The lowest BCUT2D eigenvalue weighted by Crippen LogP contribution is -2.36. The molecule has 7 heteroatoms. The molecule has 1 aliphatic heterocycles. The van der Waals surface area contributed by atoms with Crippen LogP contribution in [0.25, 0.3) is 0 Å². The largest absolute Gasteiger partial charge is 0.478 e. The van der Waals surface area contributed by atoms with E-state index >= 15 is 0 Å². The third-order valence-electron chi connectivity index (χ3n) is 2.86. The summed E-state index contributed by atoms with van der Waals surface area (Å²) in [6.07, 6.45) is 0.524. The first-order valence-electron chi connectivity index (χ1n) is 5.48. The molecule has 0 aromatic carbocycles. The molecular formula is C11H14N2O4S. The molecule has 0 spiro atoms.